The predicted molar refractivity (Wildman–Crippen MR) is 38.9 cm³/mol. The second-order valence-electron chi connectivity index (χ2n) is 3.42. The molecule has 0 aromatic carbocycles. The molecule has 0 aliphatic heterocycles. The molecule has 0 aromatic rings. The van der Waals surface area contributed by atoms with Crippen molar-refractivity contribution in [3.05, 3.63) is 18.1 Å². The monoisotopic (exact) mass is 121 g/mol. The van der Waals surface area contributed by atoms with Crippen LogP contribution in [0, 0.1) is 17.8 Å². The first-order valence-electron chi connectivity index (χ1n) is 3.83. The third kappa shape index (κ3) is 0.593. The fraction of sp³-hybridized carbons (Fsp3) is 0.667. The van der Waals surface area contributed by atoms with Crippen LogP contribution in [0.4, 0.5) is 0 Å². The van der Waals surface area contributed by atoms with Crippen molar-refractivity contribution >= 4 is 0 Å². The maximum Gasteiger partial charge on any atom is 0.000860 e. The van der Waals surface area contributed by atoms with Crippen LogP contribution in [0.15, 0.2) is 12.2 Å². The Balaban J connectivity index is 2.25. The summed E-state index contributed by atoms with van der Waals surface area (Å²) in [5, 5.41) is 0. The number of hydrogen-bond acceptors (Lipinski definition) is 0. The third-order valence-corrected chi connectivity index (χ3v) is 3.04. The Bertz CT molecular complexity index is 142. The quantitative estimate of drug-likeness (QED) is 0.462. The van der Waals surface area contributed by atoms with Crippen LogP contribution in [0.1, 0.15) is 26.2 Å². The van der Waals surface area contributed by atoms with Crippen molar-refractivity contribution in [3.8, 4) is 0 Å². The molecule has 2 atom stereocenters. The van der Waals surface area contributed by atoms with Gasteiger partial charge in [0.25, 0.3) is 0 Å². The molecule has 1 radical (unpaired) electrons. The highest BCUT2D eigenvalue weighted by Gasteiger charge is 2.40. The molecule has 9 heavy (non-hydrogen) atoms. The minimum Gasteiger partial charge on any atom is -0.0990 e. The normalized spacial score (nSPS) is 42.6. The van der Waals surface area contributed by atoms with Gasteiger partial charge in [0.2, 0.25) is 0 Å². The summed E-state index contributed by atoms with van der Waals surface area (Å²) in [7, 11) is 0. The van der Waals surface area contributed by atoms with Gasteiger partial charge in [-0.15, -0.1) is 0 Å². The van der Waals surface area contributed by atoms with E-state index >= 15 is 0 Å². The molecule has 0 aromatic heterocycles. The fourth-order valence-corrected chi connectivity index (χ4v) is 2.21. The molecule has 0 heterocycles. The number of rotatable bonds is 0. The highest BCUT2D eigenvalue weighted by Crippen LogP contribution is 2.52. The van der Waals surface area contributed by atoms with Gasteiger partial charge in [0.15, 0.2) is 0 Å². The maximum atomic E-state index is 4.08. The van der Waals surface area contributed by atoms with Crippen LogP contribution in [0.5, 0.6) is 0 Å². The largest absolute Gasteiger partial charge is 0.0990 e. The zero-order chi connectivity index (χ0) is 6.43. The highest BCUT2D eigenvalue weighted by atomic mass is 14.4. The van der Waals surface area contributed by atoms with Crippen molar-refractivity contribution in [2.45, 2.75) is 26.2 Å². The Kier molecular flexibility index (Phi) is 0.992. The molecule has 2 bridgehead atoms. The lowest BCUT2D eigenvalue weighted by Crippen LogP contribution is -2.07. The Morgan fingerprint density at radius 3 is 2.67 bits per heavy atom. The first-order valence-corrected chi connectivity index (χ1v) is 3.83. The van der Waals surface area contributed by atoms with Gasteiger partial charge < -0.3 is 0 Å². The molecule has 2 aliphatic rings. The summed E-state index contributed by atoms with van der Waals surface area (Å²) in [4.78, 5) is 0. The molecule has 2 fully saturated rings. The van der Waals surface area contributed by atoms with Gasteiger partial charge in [-0.25, -0.2) is 0 Å². The van der Waals surface area contributed by atoms with Crippen molar-refractivity contribution in [2.24, 2.45) is 11.8 Å². The van der Waals surface area contributed by atoms with Crippen molar-refractivity contribution in [1.82, 2.24) is 0 Å². The van der Waals surface area contributed by atoms with E-state index in [1.165, 1.54) is 24.8 Å². The van der Waals surface area contributed by atoms with Crippen molar-refractivity contribution in [1.29, 1.82) is 0 Å². The molecule has 0 amide bonds. The Hall–Kier alpha value is -0.260. The van der Waals surface area contributed by atoms with Crippen LogP contribution in [0.3, 0.4) is 0 Å². The zero-order valence-electron chi connectivity index (χ0n) is 5.98. The molecule has 0 saturated heterocycles. The Morgan fingerprint density at radius 2 is 2.33 bits per heavy atom. The Labute approximate surface area is 57.0 Å². The van der Waals surface area contributed by atoms with Gasteiger partial charge in [-0.2, -0.15) is 0 Å². The average molecular weight is 121 g/mol. The van der Waals surface area contributed by atoms with Crippen LogP contribution in [-0.4, -0.2) is 0 Å². The zero-order valence-corrected chi connectivity index (χ0v) is 5.98. The molecule has 0 N–H and O–H groups in total. The molecular weight excluding hydrogens is 108 g/mol. The molecule has 49 valence electrons. The van der Waals surface area contributed by atoms with E-state index in [4.69, 9.17) is 0 Å². The summed E-state index contributed by atoms with van der Waals surface area (Å²) in [6, 6.07) is 0. The van der Waals surface area contributed by atoms with E-state index in [0.717, 1.165) is 11.8 Å². The summed E-state index contributed by atoms with van der Waals surface area (Å²) < 4.78 is 0. The first-order chi connectivity index (χ1) is 4.29. The van der Waals surface area contributed by atoms with E-state index in [1.54, 1.807) is 5.92 Å². The van der Waals surface area contributed by atoms with E-state index in [2.05, 4.69) is 13.5 Å². The van der Waals surface area contributed by atoms with E-state index in [1.807, 2.05) is 0 Å². The summed E-state index contributed by atoms with van der Waals surface area (Å²) in [6.07, 6.45) is 4.17. The second kappa shape index (κ2) is 1.62. The van der Waals surface area contributed by atoms with Gasteiger partial charge in [0.1, 0.15) is 0 Å². The van der Waals surface area contributed by atoms with Crippen molar-refractivity contribution in [2.75, 3.05) is 0 Å². The van der Waals surface area contributed by atoms with E-state index in [-0.39, 0.29) is 0 Å². The summed E-state index contributed by atoms with van der Waals surface area (Å²) in [6.45, 7) is 6.40. The molecule has 2 unspecified atom stereocenters. The van der Waals surface area contributed by atoms with Gasteiger partial charge in [0, 0.05) is 5.92 Å². The molecule has 0 heteroatoms. The van der Waals surface area contributed by atoms with E-state index in [9.17, 15) is 0 Å². The van der Waals surface area contributed by atoms with Crippen LogP contribution >= 0.6 is 0 Å². The lowest BCUT2D eigenvalue weighted by molar-refractivity contribution is 0.443. The van der Waals surface area contributed by atoms with Crippen LogP contribution in [0.25, 0.3) is 0 Å². The molecular formula is C9H13. The van der Waals surface area contributed by atoms with Gasteiger partial charge in [-0.05, 0) is 31.1 Å². The topological polar surface area (TPSA) is 0 Å². The van der Waals surface area contributed by atoms with E-state index in [0.29, 0.717) is 0 Å². The Morgan fingerprint density at radius 1 is 1.56 bits per heavy atom. The standard InChI is InChI=1S/C9H13/c1-6-7(2)9-4-3-8(6)5-9/h7,9H,1,3-5H2,2H3. The molecule has 0 spiro atoms. The SMILES string of the molecule is C=C1[C]2CCC(C2)C1C. The lowest BCUT2D eigenvalue weighted by atomic mass is 9.87. The predicted octanol–water partition coefficient (Wildman–Crippen LogP) is 2.57. The first kappa shape index (κ1) is 5.52. The third-order valence-electron chi connectivity index (χ3n) is 3.04. The summed E-state index contributed by atoms with van der Waals surface area (Å²) >= 11 is 0. The highest BCUT2D eigenvalue weighted by molar-refractivity contribution is 5.33. The van der Waals surface area contributed by atoms with Crippen molar-refractivity contribution < 1.29 is 0 Å². The van der Waals surface area contributed by atoms with Gasteiger partial charge in [0.05, 0.1) is 0 Å². The minimum atomic E-state index is 0.814. The lowest BCUT2D eigenvalue weighted by Gasteiger charge is -2.18. The van der Waals surface area contributed by atoms with Crippen LogP contribution in [-0.2, 0) is 0 Å². The molecule has 2 aliphatic carbocycles. The summed E-state index contributed by atoms with van der Waals surface area (Å²) in [5.74, 6) is 3.47. The number of fused-ring (bicyclic) bond motifs is 2. The average Bonchev–Trinajstić information content (AvgIpc) is 2.37. The van der Waals surface area contributed by atoms with E-state index < -0.39 is 0 Å². The van der Waals surface area contributed by atoms with Crippen LogP contribution in [0.2, 0.25) is 0 Å². The molecule has 2 saturated carbocycles. The summed E-state index contributed by atoms with van der Waals surface area (Å²) in [5.41, 5.74) is 1.46. The van der Waals surface area contributed by atoms with Gasteiger partial charge >= 0.3 is 0 Å². The van der Waals surface area contributed by atoms with Crippen LogP contribution < -0.4 is 0 Å². The second-order valence-corrected chi connectivity index (χ2v) is 3.42. The number of allylic oxidation sites excluding steroid dienone is 1. The number of hydrogen-bond donors (Lipinski definition) is 0. The van der Waals surface area contributed by atoms with Gasteiger partial charge in [-0.1, -0.05) is 19.1 Å². The van der Waals surface area contributed by atoms with Crippen molar-refractivity contribution in [3.63, 3.8) is 0 Å². The fourth-order valence-electron chi connectivity index (χ4n) is 2.21. The molecule has 0 nitrogen and oxygen atoms in total. The smallest absolute Gasteiger partial charge is 0.000860 e. The molecule has 2 rings (SSSR count). The minimum absolute atomic E-state index is 0.814. The van der Waals surface area contributed by atoms with Gasteiger partial charge in [-0.3, -0.25) is 0 Å². The maximum absolute atomic E-state index is 4.08.